The summed E-state index contributed by atoms with van der Waals surface area (Å²) in [5, 5.41) is 42.9. The van der Waals surface area contributed by atoms with Crippen molar-refractivity contribution in [2.45, 2.75) is 18.3 Å². The molecule has 3 atom stereocenters. The second-order valence-corrected chi connectivity index (χ2v) is 2.30. The molecule has 12 heavy (non-hydrogen) atoms. The number of aliphatic hydroxyl groups excluding tert-OH is 5. The first kappa shape index (κ1) is 11.5. The molecular formula is C6H12O6. The first-order valence-electron chi connectivity index (χ1n) is 3.34. The lowest BCUT2D eigenvalue weighted by molar-refractivity contribution is -0.144. The van der Waals surface area contributed by atoms with Crippen LogP contribution in [0.25, 0.3) is 0 Å². The molecule has 0 unspecified atom stereocenters. The zero-order valence-corrected chi connectivity index (χ0v) is 6.29. The van der Waals surface area contributed by atoms with Gasteiger partial charge in [0.25, 0.3) is 0 Å². The summed E-state index contributed by atoms with van der Waals surface area (Å²) < 4.78 is 0. The second-order valence-electron chi connectivity index (χ2n) is 2.30. The van der Waals surface area contributed by atoms with E-state index in [-0.39, 0.29) is 0 Å². The van der Waals surface area contributed by atoms with Crippen LogP contribution in [-0.4, -0.2) is 62.8 Å². The van der Waals surface area contributed by atoms with Crippen LogP contribution >= 0.6 is 0 Å². The minimum atomic E-state index is -1.86. The molecule has 0 aromatic carbocycles. The maximum absolute atomic E-state index is 10.7. The number of aliphatic hydroxyl groups is 5. The number of ketones is 1. The van der Waals surface area contributed by atoms with Crippen molar-refractivity contribution in [2.24, 2.45) is 0 Å². The van der Waals surface area contributed by atoms with Gasteiger partial charge in [-0.2, -0.15) is 0 Å². The predicted molar refractivity (Wildman–Crippen MR) is 37.2 cm³/mol. The standard InChI is InChI=1S/C6H12O6/c7-1-3(9)5(11)6(12)4(10)2-8/h3-5,7-11H,1-2H2/t3-,4-,5+/m1/s1. The van der Waals surface area contributed by atoms with Gasteiger partial charge in [-0.15, -0.1) is 0 Å². The Bertz CT molecular complexity index is 147. The molecule has 0 aromatic heterocycles. The molecule has 0 aliphatic heterocycles. The Hall–Kier alpha value is -0.530. The van der Waals surface area contributed by atoms with Gasteiger partial charge in [0.1, 0.15) is 18.3 Å². The van der Waals surface area contributed by atoms with Gasteiger partial charge in [0, 0.05) is 0 Å². The average Bonchev–Trinajstić information content (AvgIpc) is 2.12. The molecule has 6 nitrogen and oxygen atoms in total. The number of Topliss-reactive ketones (excluding diaryl/α,β-unsaturated/α-hetero) is 1. The highest BCUT2D eigenvalue weighted by Crippen LogP contribution is 1.98. The van der Waals surface area contributed by atoms with E-state index in [9.17, 15) is 4.79 Å². The van der Waals surface area contributed by atoms with Crippen LogP contribution in [-0.2, 0) is 4.79 Å². The van der Waals surface area contributed by atoms with Gasteiger partial charge in [0.05, 0.1) is 13.2 Å². The number of carbonyl (C=O) groups excluding carboxylic acids is 1. The van der Waals surface area contributed by atoms with Gasteiger partial charge in [-0.25, -0.2) is 0 Å². The van der Waals surface area contributed by atoms with E-state index < -0.39 is 37.3 Å². The Morgan fingerprint density at radius 1 is 1.08 bits per heavy atom. The molecule has 72 valence electrons. The summed E-state index contributed by atoms with van der Waals surface area (Å²) in [6.45, 7) is -1.61. The summed E-state index contributed by atoms with van der Waals surface area (Å²) >= 11 is 0. The van der Waals surface area contributed by atoms with Crippen molar-refractivity contribution in [1.82, 2.24) is 0 Å². The Balaban J connectivity index is 4.09. The third-order valence-corrected chi connectivity index (χ3v) is 1.34. The minimum Gasteiger partial charge on any atom is -0.394 e. The van der Waals surface area contributed by atoms with Crippen molar-refractivity contribution >= 4 is 5.78 Å². The number of rotatable bonds is 5. The van der Waals surface area contributed by atoms with Crippen LogP contribution in [0.4, 0.5) is 0 Å². The first-order valence-corrected chi connectivity index (χ1v) is 3.34. The fraction of sp³-hybridized carbons (Fsp3) is 0.833. The predicted octanol–water partition coefficient (Wildman–Crippen LogP) is -3.38. The maximum Gasteiger partial charge on any atom is 0.194 e. The number of hydrogen-bond donors (Lipinski definition) is 5. The summed E-state index contributed by atoms with van der Waals surface area (Å²) in [6, 6.07) is 0. The molecule has 0 radical (unpaired) electrons. The summed E-state index contributed by atoms with van der Waals surface area (Å²) in [5.41, 5.74) is 0. The van der Waals surface area contributed by atoms with Crippen LogP contribution < -0.4 is 0 Å². The smallest absolute Gasteiger partial charge is 0.194 e. The zero-order valence-electron chi connectivity index (χ0n) is 6.29. The Morgan fingerprint density at radius 3 is 1.92 bits per heavy atom. The van der Waals surface area contributed by atoms with E-state index in [2.05, 4.69) is 0 Å². The second kappa shape index (κ2) is 5.18. The van der Waals surface area contributed by atoms with Gasteiger partial charge in [-0.1, -0.05) is 0 Å². The summed E-state index contributed by atoms with van der Waals surface area (Å²) in [5.74, 6) is -1.11. The van der Waals surface area contributed by atoms with E-state index in [1.54, 1.807) is 0 Å². The van der Waals surface area contributed by atoms with Crippen molar-refractivity contribution in [3.8, 4) is 0 Å². The van der Waals surface area contributed by atoms with E-state index in [4.69, 9.17) is 25.5 Å². The largest absolute Gasteiger partial charge is 0.394 e. The van der Waals surface area contributed by atoms with E-state index in [1.165, 1.54) is 0 Å². The van der Waals surface area contributed by atoms with E-state index in [0.717, 1.165) is 0 Å². The monoisotopic (exact) mass is 180 g/mol. The van der Waals surface area contributed by atoms with Crippen molar-refractivity contribution in [1.29, 1.82) is 0 Å². The lowest BCUT2D eigenvalue weighted by Gasteiger charge is -2.16. The van der Waals surface area contributed by atoms with Gasteiger partial charge >= 0.3 is 0 Å². The topological polar surface area (TPSA) is 118 Å². The molecule has 5 N–H and O–H groups in total. The van der Waals surface area contributed by atoms with E-state index >= 15 is 0 Å². The summed E-state index contributed by atoms with van der Waals surface area (Å²) in [4.78, 5) is 10.7. The lowest BCUT2D eigenvalue weighted by atomic mass is 10.1. The van der Waals surface area contributed by atoms with Gasteiger partial charge < -0.3 is 25.5 Å². The van der Waals surface area contributed by atoms with Crippen LogP contribution in [0, 0.1) is 0 Å². The molecule has 0 saturated heterocycles. The van der Waals surface area contributed by atoms with Crippen LogP contribution in [0.5, 0.6) is 0 Å². The van der Waals surface area contributed by atoms with Crippen molar-refractivity contribution in [2.75, 3.05) is 13.2 Å². The molecule has 0 bridgehead atoms. The Morgan fingerprint density at radius 2 is 1.58 bits per heavy atom. The zero-order chi connectivity index (χ0) is 9.72. The molecular weight excluding hydrogens is 168 g/mol. The first-order chi connectivity index (χ1) is 5.54. The van der Waals surface area contributed by atoms with Gasteiger partial charge in [0.2, 0.25) is 0 Å². The average molecular weight is 180 g/mol. The van der Waals surface area contributed by atoms with Crippen LogP contribution in [0.3, 0.4) is 0 Å². The van der Waals surface area contributed by atoms with E-state index in [1.807, 2.05) is 0 Å². The normalized spacial score (nSPS) is 18.4. The molecule has 0 fully saturated rings. The van der Waals surface area contributed by atoms with Crippen LogP contribution in [0.15, 0.2) is 0 Å². The third kappa shape index (κ3) is 2.84. The fourth-order valence-electron chi connectivity index (χ4n) is 0.577. The van der Waals surface area contributed by atoms with Gasteiger partial charge in [-0.3, -0.25) is 4.79 Å². The quantitative estimate of drug-likeness (QED) is 0.301. The molecule has 0 saturated carbocycles. The molecule has 0 spiro atoms. The lowest BCUT2D eigenvalue weighted by Crippen LogP contribution is -2.43. The molecule has 0 heterocycles. The summed E-state index contributed by atoms with van der Waals surface area (Å²) in [7, 11) is 0. The SMILES string of the molecule is O=C([C@H](O)CO)[C@@H](O)[C@H](O)CO. The van der Waals surface area contributed by atoms with Gasteiger partial charge in [0.15, 0.2) is 5.78 Å². The van der Waals surface area contributed by atoms with Crippen molar-refractivity contribution in [3.05, 3.63) is 0 Å². The third-order valence-electron chi connectivity index (χ3n) is 1.34. The maximum atomic E-state index is 10.7. The van der Waals surface area contributed by atoms with Crippen molar-refractivity contribution in [3.63, 3.8) is 0 Å². The molecule has 0 rings (SSSR count). The van der Waals surface area contributed by atoms with E-state index in [0.29, 0.717) is 0 Å². The molecule has 0 aliphatic carbocycles. The highest BCUT2D eigenvalue weighted by molar-refractivity contribution is 5.87. The molecule has 0 aliphatic rings. The highest BCUT2D eigenvalue weighted by Gasteiger charge is 2.28. The molecule has 0 aromatic rings. The molecule has 6 heteroatoms. The van der Waals surface area contributed by atoms with Crippen LogP contribution in [0.2, 0.25) is 0 Å². The van der Waals surface area contributed by atoms with Crippen molar-refractivity contribution < 1.29 is 30.3 Å². The Kier molecular flexibility index (Phi) is 4.95. The summed E-state index contributed by atoms with van der Waals surface area (Å²) in [6.07, 6.45) is -5.21. The Labute approximate surface area is 68.7 Å². The number of carbonyl (C=O) groups is 1. The van der Waals surface area contributed by atoms with Gasteiger partial charge in [-0.05, 0) is 0 Å². The van der Waals surface area contributed by atoms with Crippen LogP contribution in [0.1, 0.15) is 0 Å². The fourth-order valence-corrected chi connectivity index (χ4v) is 0.577. The molecule has 0 amide bonds. The number of hydrogen-bond acceptors (Lipinski definition) is 6. The highest BCUT2D eigenvalue weighted by atomic mass is 16.4. The minimum absolute atomic E-state index is 0.787.